The lowest BCUT2D eigenvalue weighted by atomic mass is 10.1. The van der Waals surface area contributed by atoms with Gasteiger partial charge >= 0.3 is 0 Å². The topological polar surface area (TPSA) is 56.2 Å². The number of aromatic nitrogens is 2. The van der Waals surface area contributed by atoms with Crippen LogP contribution < -0.4 is 10.1 Å². The molecule has 154 valence electrons. The van der Waals surface area contributed by atoms with Crippen molar-refractivity contribution in [3.63, 3.8) is 0 Å². The second-order valence-electron chi connectivity index (χ2n) is 7.32. The van der Waals surface area contributed by atoms with Gasteiger partial charge < -0.3 is 14.6 Å². The molecule has 5 heteroatoms. The van der Waals surface area contributed by atoms with Gasteiger partial charge in [-0.2, -0.15) is 0 Å². The molecular weight excluding hydrogens is 362 g/mol. The summed E-state index contributed by atoms with van der Waals surface area (Å²) in [5.41, 5.74) is 2.84. The lowest BCUT2D eigenvalue weighted by molar-refractivity contribution is 0.0954. The van der Waals surface area contributed by atoms with Crippen molar-refractivity contribution in [2.24, 2.45) is 0 Å². The summed E-state index contributed by atoms with van der Waals surface area (Å²) in [7, 11) is 1.62. The van der Waals surface area contributed by atoms with Crippen LogP contribution in [-0.2, 0) is 13.0 Å². The summed E-state index contributed by atoms with van der Waals surface area (Å²) in [5.74, 6) is 1.71. The molecule has 1 aromatic heterocycles. The number of rotatable bonds is 11. The normalized spacial score (nSPS) is 11.0. The number of nitrogens with zero attached hydrogens (tertiary/aromatic N) is 2. The highest BCUT2D eigenvalue weighted by Crippen LogP contribution is 2.18. The zero-order valence-electron chi connectivity index (χ0n) is 17.5. The van der Waals surface area contributed by atoms with Gasteiger partial charge in [-0.05, 0) is 42.8 Å². The number of nitrogens with one attached hydrogen (secondary N) is 1. The van der Waals surface area contributed by atoms with Crippen molar-refractivity contribution in [1.29, 1.82) is 0 Å². The smallest absolute Gasteiger partial charge is 0.251 e. The quantitative estimate of drug-likeness (QED) is 0.467. The summed E-state index contributed by atoms with van der Waals surface area (Å²) < 4.78 is 7.46. The number of benzene rings is 2. The Bertz CT molecular complexity index is 916. The maximum atomic E-state index is 12.4. The number of ether oxygens (including phenoxy) is 1. The third-order valence-corrected chi connectivity index (χ3v) is 5.21. The summed E-state index contributed by atoms with van der Waals surface area (Å²) >= 11 is 0. The molecule has 0 saturated carbocycles. The number of carbonyl (C=O) groups excluding carboxylic acids is 1. The Morgan fingerprint density at radius 1 is 1.03 bits per heavy atom. The van der Waals surface area contributed by atoms with E-state index >= 15 is 0 Å². The number of fused-ring (bicyclic) bond motifs is 1. The average Bonchev–Trinajstić information content (AvgIpc) is 3.11. The largest absolute Gasteiger partial charge is 0.497 e. The second-order valence-corrected chi connectivity index (χ2v) is 7.32. The van der Waals surface area contributed by atoms with Gasteiger partial charge in [-0.25, -0.2) is 4.98 Å². The van der Waals surface area contributed by atoms with Crippen LogP contribution in [0.15, 0.2) is 48.5 Å². The number of methoxy groups -OCH3 is 1. The van der Waals surface area contributed by atoms with Gasteiger partial charge in [-0.3, -0.25) is 4.79 Å². The fourth-order valence-corrected chi connectivity index (χ4v) is 3.57. The molecule has 1 N–H and O–H groups in total. The number of para-hydroxylation sites is 2. The van der Waals surface area contributed by atoms with Gasteiger partial charge in [0, 0.05) is 25.1 Å². The van der Waals surface area contributed by atoms with Gasteiger partial charge in [-0.15, -0.1) is 0 Å². The standard InChI is InChI=1S/C24H31N3O2/c1-3-4-5-6-9-18-27-22-11-8-7-10-21(22)26-23(27)16-17-25-24(28)19-12-14-20(29-2)15-13-19/h7-8,10-15H,3-6,9,16-18H2,1-2H3,(H,25,28). The van der Waals surface area contributed by atoms with E-state index in [1.54, 1.807) is 31.4 Å². The third kappa shape index (κ3) is 5.59. The summed E-state index contributed by atoms with van der Waals surface area (Å²) in [6.07, 6.45) is 6.96. The fraction of sp³-hybridized carbons (Fsp3) is 0.417. The minimum absolute atomic E-state index is 0.0742. The first kappa shape index (κ1) is 20.9. The molecule has 0 saturated heterocycles. The van der Waals surface area contributed by atoms with E-state index in [1.807, 2.05) is 6.07 Å². The van der Waals surface area contributed by atoms with E-state index in [9.17, 15) is 4.79 Å². The molecule has 29 heavy (non-hydrogen) atoms. The van der Waals surface area contributed by atoms with Crippen molar-refractivity contribution in [2.75, 3.05) is 13.7 Å². The highest BCUT2D eigenvalue weighted by Gasteiger charge is 2.11. The van der Waals surface area contributed by atoms with Crippen LogP contribution in [0, 0.1) is 0 Å². The maximum Gasteiger partial charge on any atom is 0.251 e. The van der Waals surface area contributed by atoms with Crippen molar-refractivity contribution < 1.29 is 9.53 Å². The zero-order chi connectivity index (χ0) is 20.5. The highest BCUT2D eigenvalue weighted by molar-refractivity contribution is 5.94. The number of imidazole rings is 1. The van der Waals surface area contributed by atoms with Crippen molar-refractivity contribution in [2.45, 2.75) is 52.0 Å². The average molecular weight is 394 g/mol. The number of aryl methyl sites for hydroxylation is 1. The Hall–Kier alpha value is -2.82. The van der Waals surface area contributed by atoms with Gasteiger partial charge in [0.2, 0.25) is 0 Å². The molecule has 5 nitrogen and oxygen atoms in total. The minimum atomic E-state index is -0.0742. The number of hydrogen-bond donors (Lipinski definition) is 1. The molecule has 1 heterocycles. The maximum absolute atomic E-state index is 12.4. The summed E-state index contributed by atoms with van der Waals surface area (Å²) in [4.78, 5) is 17.2. The second kappa shape index (κ2) is 10.6. The molecule has 0 fully saturated rings. The first-order chi connectivity index (χ1) is 14.2. The molecule has 0 atom stereocenters. The van der Waals surface area contributed by atoms with Gasteiger partial charge in [0.15, 0.2) is 0 Å². The zero-order valence-corrected chi connectivity index (χ0v) is 17.5. The molecule has 0 aliphatic carbocycles. The van der Waals surface area contributed by atoms with Gasteiger partial charge in [0.25, 0.3) is 5.91 Å². The van der Waals surface area contributed by atoms with Crippen LogP contribution in [0.25, 0.3) is 11.0 Å². The molecule has 0 unspecified atom stereocenters. The highest BCUT2D eigenvalue weighted by atomic mass is 16.5. The molecule has 0 bridgehead atoms. The predicted molar refractivity (Wildman–Crippen MR) is 118 cm³/mol. The van der Waals surface area contributed by atoms with E-state index in [2.05, 4.69) is 35.0 Å². The Morgan fingerprint density at radius 3 is 2.55 bits per heavy atom. The lowest BCUT2D eigenvalue weighted by Crippen LogP contribution is -2.26. The Morgan fingerprint density at radius 2 is 1.79 bits per heavy atom. The Labute approximate surface area is 173 Å². The van der Waals surface area contributed by atoms with Gasteiger partial charge in [-0.1, -0.05) is 44.7 Å². The summed E-state index contributed by atoms with van der Waals surface area (Å²) in [6.45, 7) is 3.78. The van der Waals surface area contributed by atoms with Crippen molar-refractivity contribution in [3.8, 4) is 5.75 Å². The summed E-state index contributed by atoms with van der Waals surface area (Å²) in [6, 6.07) is 15.4. The predicted octanol–water partition coefficient (Wildman–Crippen LogP) is 4.99. The van der Waals surface area contributed by atoms with Crippen LogP contribution in [0.4, 0.5) is 0 Å². The van der Waals surface area contributed by atoms with Crippen LogP contribution in [0.3, 0.4) is 0 Å². The van der Waals surface area contributed by atoms with Gasteiger partial charge in [0.05, 0.1) is 18.1 Å². The van der Waals surface area contributed by atoms with E-state index in [-0.39, 0.29) is 5.91 Å². The molecule has 3 aromatic rings. The molecule has 3 rings (SSSR count). The van der Waals surface area contributed by atoms with Crippen LogP contribution in [0.1, 0.15) is 55.2 Å². The van der Waals surface area contributed by atoms with Crippen LogP contribution in [-0.4, -0.2) is 29.1 Å². The monoisotopic (exact) mass is 393 g/mol. The number of hydrogen-bond acceptors (Lipinski definition) is 3. The molecule has 0 aliphatic heterocycles. The lowest BCUT2D eigenvalue weighted by Gasteiger charge is -2.10. The van der Waals surface area contributed by atoms with E-state index in [1.165, 1.54) is 31.2 Å². The van der Waals surface area contributed by atoms with Crippen molar-refractivity contribution >= 4 is 16.9 Å². The number of carbonyl (C=O) groups is 1. The van der Waals surface area contributed by atoms with Gasteiger partial charge in [0.1, 0.15) is 11.6 Å². The fourth-order valence-electron chi connectivity index (χ4n) is 3.57. The molecule has 2 aromatic carbocycles. The molecule has 0 radical (unpaired) electrons. The van der Waals surface area contributed by atoms with Crippen LogP contribution in [0.5, 0.6) is 5.75 Å². The SMILES string of the molecule is CCCCCCCn1c(CCNC(=O)c2ccc(OC)cc2)nc2ccccc21. The third-order valence-electron chi connectivity index (χ3n) is 5.21. The van der Waals surface area contributed by atoms with Crippen LogP contribution >= 0.6 is 0 Å². The minimum Gasteiger partial charge on any atom is -0.497 e. The first-order valence-corrected chi connectivity index (χ1v) is 10.6. The van der Waals surface area contributed by atoms with Crippen molar-refractivity contribution in [1.82, 2.24) is 14.9 Å². The molecule has 1 amide bonds. The summed E-state index contributed by atoms with van der Waals surface area (Å²) in [5, 5.41) is 3.01. The van der Waals surface area contributed by atoms with E-state index in [0.717, 1.165) is 30.1 Å². The Kier molecular flexibility index (Phi) is 7.68. The van der Waals surface area contributed by atoms with E-state index < -0.39 is 0 Å². The molecular formula is C24H31N3O2. The van der Waals surface area contributed by atoms with E-state index in [4.69, 9.17) is 9.72 Å². The van der Waals surface area contributed by atoms with Crippen LogP contribution in [0.2, 0.25) is 0 Å². The first-order valence-electron chi connectivity index (χ1n) is 10.6. The molecule has 0 spiro atoms. The van der Waals surface area contributed by atoms with Crippen molar-refractivity contribution in [3.05, 3.63) is 59.9 Å². The Balaban J connectivity index is 1.61. The molecule has 0 aliphatic rings. The number of amides is 1. The number of unbranched alkanes of at least 4 members (excludes halogenated alkanes) is 4. The van der Waals surface area contributed by atoms with E-state index in [0.29, 0.717) is 18.5 Å².